The van der Waals surface area contributed by atoms with Gasteiger partial charge < -0.3 is 4.79 Å². The average molecular weight is 307 g/mol. The second-order valence-electron chi connectivity index (χ2n) is 6.41. The molecule has 0 aliphatic carbocycles. The van der Waals surface area contributed by atoms with Gasteiger partial charge >= 0.3 is 0 Å². The Labute approximate surface area is 135 Å². The van der Waals surface area contributed by atoms with Gasteiger partial charge in [0, 0.05) is 12.6 Å². The fourth-order valence-corrected chi connectivity index (χ4v) is 2.80. The number of Topliss-reactive ketones (excluding diaryl/α,β-unsaturated/α-hetero) is 1. The number of aromatic nitrogens is 3. The maximum absolute atomic E-state index is 10.8. The van der Waals surface area contributed by atoms with E-state index in [4.69, 9.17) is 0 Å². The highest BCUT2D eigenvalue weighted by atomic mass is 16.1. The van der Waals surface area contributed by atoms with Crippen LogP contribution in [0.4, 0.5) is 0 Å². The summed E-state index contributed by atoms with van der Waals surface area (Å²) in [5.41, 5.74) is 1.09. The van der Waals surface area contributed by atoms with E-state index in [9.17, 15) is 4.79 Å². The van der Waals surface area contributed by atoms with Gasteiger partial charge in [0.25, 0.3) is 0 Å². The Hall–Kier alpha value is -1.19. The first-order chi connectivity index (χ1) is 10.8. The van der Waals surface area contributed by atoms with Crippen molar-refractivity contribution in [2.45, 2.75) is 96.8 Å². The van der Waals surface area contributed by atoms with Gasteiger partial charge in [-0.05, 0) is 26.2 Å². The van der Waals surface area contributed by atoms with Crippen LogP contribution in [0, 0.1) is 0 Å². The van der Waals surface area contributed by atoms with Gasteiger partial charge in [-0.15, -0.1) is 5.10 Å². The minimum Gasteiger partial charge on any atom is -0.300 e. The summed E-state index contributed by atoms with van der Waals surface area (Å²) in [4.78, 5) is 10.8. The largest absolute Gasteiger partial charge is 0.300 e. The lowest BCUT2D eigenvalue weighted by atomic mass is 10.0. The lowest BCUT2D eigenvalue weighted by Gasteiger charge is -2.02. The summed E-state index contributed by atoms with van der Waals surface area (Å²) in [5.74, 6) is 0.334. The highest BCUT2D eigenvalue weighted by Gasteiger charge is 1.97. The van der Waals surface area contributed by atoms with E-state index in [0.717, 1.165) is 25.0 Å². The predicted octanol–water partition coefficient (Wildman–Crippen LogP) is 5.01. The summed E-state index contributed by atoms with van der Waals surface area (Å²) in [6.45, 7) is 1.69. The predicted molar refractivity (Wildman–Crippen MR) is 90.8 cm³/mol. The standard InChI is InChI=1S/C18H33N3O/c1-17(22)14-12-10-8-6-4-2-3-5-7-9-11-13-15-18-16-19-21-20-18/h16H,2-15H2,1H3,(H,19,20,21). The number of H-pyrrole nitrogens is 1. The third-order valence-corrected chi connectivity index (χ3v) is 4.18. The van der Waals surface area contributed by atoms with Crippen LogP contribution in [0.25, 0.3) is 0 Å². The number of aromatic amines is 1. The van der Waals surface area contributed by atoms with Crippen LogP contribution in [0.15, 0.2) is 6.20 Å². The molecule has 22 heavy (non-hydrogen) atoms. The van der Waals surface area contributed by atoms with E-state index in [2.05, 4.69) is 15.4 Å². The first-order valence-corrected chi connectivity index (χ1v) is 9.14. The average Bonchev–Trinajstić information content (AvgIpc) is 3.00. The molecule has 1 aromatic rings. The van der Waals surface area contributed by atoms with E-state index in [1.807, 2.05) is 6.20 Å². The SMILES string of the molecule is CC(=O)CCCCCCCCCCCCCCc1c[nH]nn1. The van der Waals surface area contributed by atoms with Crippen molar-refractivity contribution in [3.05, 3.63) is 11.9 Å². The topological polar surface area (TPSA) is 58.6 Å². The summed E-state index contributed by atoms with van der Waals surface area (Å²) in [6, 6.07) is 0. The van der Waals surface area contributed by atoms with E-state index < -0.39 is 0 Å². The van der Waals surface area contributed by atoms with Gasteiger partial charge in [0.05, 0.1) is 5.69 Å². The molecule has 1 heterocycles. The summed E-state index contributed by atoms with van der Waals surface area (Å²) in [7, 11) is 0. The Balaban J connectivity index is 1.70. The van der Waals surface area contributed by atoms with E-state index in [1.54, 1.807) is 6.92 Å². The molecule has 4 heteroatoms. The molecule has 126 valence electrons. The number of carbonyl (C=O) groups is 1. The summed E-state index contributed by atoms with van der Waals surface area (Å²) < 4.78 is 0. The lowest BCUT2D eigenvalue weighted by Crippen LogP contribution is -1.89. The normalized spacial score (nSPS) is 11.0. The molecule has 4 nitrogen and oxygen atoms in total. The van der Waals surface area contributed by atoms with Crippen molar-refractivity contribution in [2.75, 3.05) is 0 Å². The van der Waals surface area contributed by atoms with Crippen LogP contribution < -0.4 is 0 Å². The summed E-state index contributed by atoms with van der Waals surface area (Å²) in [6.07, 6.45) is 19.5. The molecule has 0 radical (unpaired) electrons. The van der Waals surface area contributed by atoms with Crippen LogP contribution >= 0.6 is 0 Å². The molecule has 1 rings (SSSR count). The molecule has 0 aliphatic heterocycles. The number of nitrogens with one attached hydrogen (secondary N) is 1. The molecule has 0 aliphatic rings. The van der Waals surface area contributed by atoms with Gasteiger partial charge in [0.1, 0.15) is 5.78 Å². The van der Waals surface area contributed by atoms with Crippen molar-refractivity contribution in [2.24, 2.45) is 0 Å². The number of hydrogen-bond donors (Lipinski definition) is 1. The van der Waals surface area contributed by atoms with Crippen LogP contribution in [0.3, 0.4) is 0 Å². The third kappa shape index (κ3) is 11.5. The van der Waals surface area contributed by atoms with Crippen molar-refractivity contribution in [3.63, 3.8) is 0 Å². The molecule has 0 fully saturated rings. The third-order valence-electron chi connectivity index (χ3n) is 4.18. The van der Waals surface area contributed by atoms with Gasteiger partial charge in [-0.25, -0.2) is 0 Å². The molecule has 0 amide bonds. The Morgan fingerprint density at radius 3 is 1.82 bits per heavy atom. The van der Waals surface area contributed by atoms with Gasteiger partial charge in [0.2, 0.25) is 0 Å². The number of unbranched alkanes of at least 4 members (excludes halogenated alkanes) is 11. The molecular weight excluding hydrogens is 274 g/mol. The Morgan fingerprint density at radius 1 is 0.864 bits per heavy atom. The Morgan fingerprint density at radius 2 is 1.36 bits per heavy atom. The molecule has 1 N–H and O–H groups in total. The molecule has 1 aromatic heterocycles. The van der Waals surface area contributed by atoms with Crippen LogP contribution in [-0.2, 0) is 11.2 Å². The minimum absolute atomic E-state index is 0.334. The van der Waals surface area contributed by atoms with Gasteiger partial charge in [-0.2, -0.15) is 0 Å². The molecule has 0 atom stereocenters. The van der Waals surface area contributed by atoms with Crippen molar-refractivity contribution in [1.29, 1.82) is 0 Å². The van der Waals surface area contributed by atoms with Crippen molar-refractivity contribution in [3.8, 4) is 0 Å². The highest BCUT2D eigenvalue weighted by molar-refractivity contribution is 5.75. The molecular formula is C18H33N3O. The van der Waals surface area contributed by atoms with E-state index in [-0.39, 0.29) is 0 Å². The number of aryl methyl sites for hydroxylation is 1. The molecule has 0 spiro atoms. The van der Waals surface area contributed by atoms with Crippen LogP contribution in [0.1, 0.15) is 96.1 Å². The molecule has 0 aromatic carbocycles. The summed E-state index contributed by atoms with van der Waals surface area (Å²) in [5, 5.41) is 10.5. The number of rotatable bonds is 15. The maximum Gasteiger partial charge on any atom is 0.129 e. The fourth-order valence-electron chi connectivity index (χ4n) is 2.80. The highest BCUT2D eigenvalue weighted by Crippen LogP contribution is 2.13. The molecule has 0 bridgehead atoms. The zero-order chi connectivity index (χ0) is 15.9. The quantitative estimate of drug-likeness (QED) is 0.463. The maximum atomic E-state index is 10.8. The first-order valence-electron chi connectivity index (χ1n) is 9.14. The summed E-state index contributed by atoms with van der Waals surface area (Å²) >= 11 is 0. The van der Waals surface area contributed by atoms with Crippen molar-refractivity contribution in [1.82, 2.24) is 15.4 Å². The van der Waals surface area contributed by atoms with E-state index >= 15 is 0 Å². The fraction of sp³-hybridized carbons (Fsp3) is 0.833. The Bertz CT molecular complexity index is 362. The van der Waals surface area contributed by atoms with Crippen molar-refractivity contribution < 1.29 is 4.79 Å². The monoisotopic (exact) mass is 307 g/mol. The second-order valence-corrected chi connectivity index (χ2v) is 6.41. The number of ketones is 1. The zero-order valence-corrected chi connectivity index (χ0v) is 14.3. The van der Waals surface area contributed by atoms with Gasteiger partial charge in [0.15, 0.2) is 0 Å². The van der Waals surface area contributed by atoms with Gasteiger partial charge in [-0.1, -0.05) is 69.4 Å². The second kappa shape index (κ2) is 13.5. The zero-order valence-electron chi connectivity index (χ0n) is 14.3. The van der Waals surface area contributed by atoms with Gasteiger partial charge in [-0.3, -0.25) is 5.10 Å². The first kappa shape index (κ1) is 18.9. The lowest BCUT2D eigenvalue weighted by molar-refractivity contribution is -0.117. The Kier molecular flexibility index (Phi) is 11.5. The number of nitrogens with zero attached hydrogens (tertiary/aromatic N) is 2. The minimum atomic E-state index is 0.334. The number of carbonyl (C=O) groups excluding carboxylic acids is 1. The van der Waals surface area contributed by atoms with Crippen LogP contribution in [0.2, 0.25) is 0 Å². The van der Waals surface area contributed by atoms with E-state index in [1.165, 1.54) is 70.6 Å². The molecule has 0 saturated heterocycles. The molecule has 0 saturated carbocycles. The van der Waals surface area contributed by atoms with Crippen molar-refractivity contribution >= 4 is 5.78 Å². The van der Waals surface area contributed by atoms with E-state index in [0.29, 0.717) is 5.78 Å². The van der Waals surface area contributed by atoms with Crippen LogP contribution in [-0.4, -0.2) is 21.2 Å². The van der Waals surface area contributed by atoms with Crippen LogP contribution in [0.5, 0.6) is 0 Å². The number of hydrogen-bond acceptors (Lipinski definition) is 3. The molecule has 0 unspecified atom stereocenters. The smallest absolute Gasteiger partial charge is 0.129 e.